The molecule has 2 rings (SSSR count). The largest absolute Gasteiger partial charge is 0.484 e. The minimum absolute atomic E-state index is 0.0238. The molecule has 0 aliphatic carbocycles. The number of primary amides is 1. The number of nitrogens with zero attached hydrogens (tertiary/aromatic N) is 1. The predicted molar refractivity (Wildman–Crippen MR) is 76.8 cm³/mol. The lowest BCUT2D eigenvalue weighted by Gasteiger charge is -2.20. The number of carbonyl (C=O) groups is 2. The smallest absolute Gasteiger partial charge is 0.255 e. The maximum Gasteiger partial charge on any atom is 0.255 e. The van der Waals surface area contributed by atoms with Crippen LogP contribution in [0.3, 0.4) is 0 Å². The molecular formula is C15H20N2O4. The lowest BCUT2D eigenvalue weighted by Crippen LogP contribution is -2.35. The van der Waals surface area contributed by atoms with Gasteiger partial charge < -0.3 is 20.5 Å². The zero-order chi connectivity index (χ0) is 15.6. The maximum absolute atomic E-state index is 12.4. The minimum Gasteiger partial charge on any atom is -0.484 e. The predicted octanol–water partition coefficient (Wildman–Crippen LogP) is 0.394. The van der Waals surface area contributed by atoms with Gasteiger partial charge in [0.25, 0.3) is 11.8 Å². The summed E-state index contributed by atoms with van der Waals surface area (Å²) in [6.45, 7) is 4.24. The van der Waals surface area contributed by atoms with Crippen molar-refractivity contribution in [2.45, 2.75) is 19.4 Å². The summed E-state index contributed by atoms with van der Waals surface area (Å²) >= 11 is 0. The van der Waals surface area contributed by atoms with Crippen LogP contribution in [0.4, 0.5) is 0 Å². The molecule has 0 saturated carbocycles. The number of carbonyl (C=O) groups excluding carboxylic acids is 2. The van der Waals surface area contributed by atoms with E-state index >= 15 is 0 Å². The fourth-order valence-electron chi connectivity index (χ4n) is 2.34. The van der Waals surface area contributed by atoms with E-state index in [1.165, 1.54) is 0 Å². The average molecular weight is 292 g/mol. The SMILES string of the molecule is C[C@@H]1CN(C(=O)c2cccc(OCC(N)=O)c2)C[C@]1(C)O. The number of amides is 2. The molecule has 114 valence electrons. The third kappa shape index (κ3) is 3.52. The molecule has 6 nitrogen and oxygen atoms in total. The van der Waals surface area contributed by atoms with Gasteiger partial charge in [-0.15, -0.1) is 0 Å². The van der Waals surface area contributed by atoms with Crippen molar-refractivity contribution in [3.63, 3.8) is 0 Å². The molecule has 1 aliphatic rings. The van der Waals surface area contributed by atoms with E-state index in [-0.39, 0.29) is 18.4 Å². The van der Waals surface area contributed by atoms with Crippen LogP contribution in [0.25, 0.3) is 0 Å². The van der Waals surface area contributed by atoms with Crippen LogP contribution in [0.1, 0.15) is 24.2 Å². The maximum atomic E-state index is 12.4. The third-order valence-corrected chi connectivity index (χ3v) is 3.82. The first-order valence-corrected chi connectivity index (χ1v) is 6.82. The van der Waals surface area contributed by atoms with Gasteiger partial charge in [-0.2, -0.15) is 0 Å². The second-order valence-corrected chi connectivity index (χ2v) is 5.73. The van der Waals surface area contributed by atoms with Gasteiger partial charge in [0.2, 0.25) is 0 Å². The summed E-state index contributed by atoms with van der Waals surface area (Å²) in [7, 11) is 0. The summed E-state index contributed by atoms with van der Waals surface area (Å²) in [5.41, 5.74) is 4.61. The van der Waals surface area contributed by atoms with Crippen LogP contribution in [0.15, 0.2) is 24.3 Å². The van der Waals surface area contributed by atoms with Gasteiger partial charge in [-0.05, 0) is 25.1 Å². The van der Waals surface area contributed by atoms with Gasteiger partial charge in [0.15, 0.2) is 6.61 Å². The van der Waals surface area contributed by atoms with Crippen molar-refractivity contribution < 1.29 is 19.4 Å². The highest BCUT2D eigenvalue weighted by atomic mass is 16.5. The molecule has 0 bridgehead atoms. The monoisotopic (exact) mass is 292 g/mol. The highest BCUT2D eigenvalue weighted by Gasteiger charge is 2.40. The van der Waals surface area contributed by atoms with Crippen molar-refractivity contribution in [3.05, 3.63) is 29.8 Å². The zero-order valence-corrected chi connectivity index (χ0v) is 12.2. The second-order valence-electron chi connectivity index (χ2n) is 5.73. The normalized spacial score (nSPS) is 24.9. The topological polar surface area (TPSA) is 92.9 Å². The summed E-state index contributed by atoms with van der Waals surface area (Å²) in [4.78, 5) is 24.8. The number of β-amino-alcohol motifs (C(OH)–C–C–N with tert-alkyl or cyclic N) is 1. The van der Waals surface area contributed by atoms with E-state index in [1.807, 2.05) is 6.92 Å². The molecule has 21 heavy (non-hydrogen) atoms. The minimum atomic E-state index is -0.865. The number of ether oxygens (including phenoxy) is 1. The van der Waals surface area contributed by atoms with Crippen molar-refractivity contribution in [2.24, 2.45) is 11.7 Å². The van der Waals surface area contributed by atoms with Gasteiger partial charge in [-0.25, -0.2) is 0 Å². The molecule has 0 unspecified atom stereocenters. The molecule has 2 amide bonds. The summed E-state index contributed by atoms with van der Waals surface area (Å²) in [6, 6.07) is 6.59. The summed E-state index contributed by atoms with van der Waals surface area (Å²) in [6.07, 6.45) is 0. The van der Waals surface area contributed by atoms with Crippen LogP contribution >= 0.6 is 0 Å². The van der Waals surface area contributed by atoms with Gasteiger partial charge in [0.05, 0.1) is 5.60 Å². The average Bonchev–Trinajstić information content (AvgIpc) is 2.70. The molecule has 1 saturated heterocycles. The lowest BCUT2D eigenvalue weighted by atomic mass is 9.95. The molecule has 1 fully saturated rings. The highest BCUT2D eigenvalue weighted by Crippen LogP contribution is 2.28. The molecule has 3 N–H and O–H groups in total. The van der Waals surface area contributed by atoms with E-state index in [2.05, 4.69) is 0 Å². The Morgan fingerprint density at radius 2 is 2.24 bits per heavy atom. The molecule has 1 aromatic carbocycles. The van der Waals surface area contributed by atoms with Gasteiger partial charge >= 0.3 is 0 Å². The number of benzene rings is 1. The highest BCUT2D eigenvalue weighted by molar-refractivity contribution is 5.95. The Morgan fingerprint density at radius 3 is 2.81 bits per heavy atom. The fraction of sp³-hybridized carbons (Fsp3) is 0.467. The van der Waals surface area contributed by atoms with E-state index in [0.717, 1.165) is 0 Å². The number of likely N-dealkylation sites (tertiary alicyclic amines) is 1. The van der Waals surface area contributed by atoms with Crippen molar-refractivity contribution in [1.29, 1.82) is 0 Å². The Bertz CT molecular complexity index is 556. The summed E-state index contributed by atoms with van der Waals surface area (Å²) in [5, 5.41) is 10.2. The van der Waals surface area contributed by atoms with Crippen LogP contribution in [0, 0.1) is 5.92 Å². The number of hydrogen-bond acceptors (Lipinski definition) is 4. The van der Waals surface area contributed by atoms with Gasteiger partial charge in [0, 0.05) is 24.6 Å². The molecular weight excluding hydrogens is 272 g/mol. The van der Waals surface area contributed by atoms with Crippen LogP contribution in [-0.2, 0) is 4.79 Å². The lowest BCUT2D eigenvalue weighted by molar-refractivity contribution is -0.119. The quantitative estimate of drug-likeness (QED) is 0.839. The van der Waals surface area contributed by atoms with E-state index in [0.29, 0.717) is 24.4 Å². The van der Waals surface area contributed by atoms with Gasteiger partial charge in [-0.3, -0.25) is 9.59 Å². The Hall–Kier alpha value is -2.08. The standard InChI is InChI=1S/C15H20N2O4/c1-10-7-17(9-15(10,2)20)14(19)11-4-3-5-12(6-11)21-8-13(16)18/h3-6,10,20H,7-9H2,1-2H3,(H2,16,18)/t10-,15+/m1/s1. The van der Waals surface area contributed by atoms with E-state index in [1.54, 1.807) is 36.1 Å². The third-order valence-electron chi connectivity index (χ3n) is 3.82. The van der Waals surface area contributed by atoms with E-state index < -0.39 is 11.5 Å². The Labute approximate surface area is 123 Å². The molecule has 1 heterocycles. The number of hydrogen-bond donors (Lipinski definition) is 2. The molecule has 1 aliphatic heterocycles. The zero-order valence-electron chi connectivity index (χ0n) is 12.2. The number of aliphatic hydroxyl groups is 1. The van der Waals surface area contributed by atoms with Gasteiger partial charge in [0.1, 0.15) is 5.75 Å². The molecule has 6 heteroatoms. The molecule has 1 aromatic rings. The Balaban J connectivity index is 2.10. The number of nitrogens with two attached hydrogens (primary N) is 1. The fourth-order valence-corrected chi connectivity index (χ4v) is 2.34. The Morgan fingerprint density at radius 1 is 1.52 bits per heavy atom. The summed E-state index contributed by atoms with van der Waals surface area (Å²) < 4.78 is 5.19. The van der Waals surface area contributed by atoms with Crippen LogP contribution in [0.5, 0.6) is 5.75 Å². The van der Waals surface area contributed by atoms with Crippen LogP contribution in [0.2, 0.25) is 0 Å². The molecule has 0 aromatic heterocycles. The first kappa shape index (κ1) is 15.3. The van der Waals surface area contributed by atoms with Crippen molar-refractivity contribution >= 4 is 11.8 Å². The van der Waals surface area contributed by atoms with Crippen molar-refractivity contribution in [3.8, 4) is 5.75 Å². The molecule has 0 spiro atoms. The van der Waals surface area contributed by atoms with Crippen molar-refractivity contribution in [1.82, 2.24) is 4.90 Å². The van der Waals surface area contributed by atoms with E-state index in [9.17, 15) is 14.7 Å². The Kier molecular flexibility index (Phi) is 4.18. The number of rotatable bonds is 4. The first-order chi connectivity index (χ1) is 9.79. The first-order valence-electron chi connectivity index (χ1n) is 6.82. The van der Waals surface area contributed by atoms with E-state index in [4.69, 9.17) is 10.5 Å². The van der Waals surface area contributed by atoms with Crippen molar-refractivity contribution in [2.75, 3.05) is 19.7 Å². The molecule has 0 radical (unpaired) electrons. The van der Waals surface area contributed by atoms with Crippen LogP contribution in [-0.4, -0.2) is 47.1 Å². The molecule has 2 atom stereocenters. The summed E-state index contributed by atoms with van der Waals surface area (Å²) in [5.74, 6) is -0.297. The second kappa shape index (κ2) is 5.73. The van der Waals surface area contributed by atoms with Crippen LogP contribution < -0.4 is 10.5 Å². The van der Waals surface area contributed by atoms with Gasteiger partial charge in [-0.1, -0.05) is 13.0 Å².